The zero-order valence-corrected chi connectivity index (χ0v) is 17.1. The summed E-state index contributed by atoms with van der Waals surface area (Å²) < 4.78 is 16.5. The van der Waals surface area contributed by atoms with Crippen LogP contribution >= 0.6 is 11.3 Å². The zero-order valence-electron chi connectivity index (χ0n) is 16.3. The monoisotopic (exact) mass is 397 g/mol. The van der Waals surface area contributed by atoms with Crippen molar-refractivity contribution < 1.29 is 28.7 Å². The molecule has 1 amide bonds. The fourth-order valence-corrected chi connectivity index (χ4v) is 4.59. The highest BCUT2D eigenvalue weighted by atomic mass is 32.1. The predicted octanol–water partition coefficient (Wildman–Crippen LogP) is 1.02. The van der Waals surface area contributed by atoms with Gasteiger partial charge in [0.2, 0.25) is 5.91 Å². The summed E-state index contributed by atoms with van der Waals surface area (Å²) in [5.74, 6) is -0.444. The molecule has 2 aliphatic heterocycles. The maximum atomic E-state index is 12.6. The van der Waals surface area contributed by atoms with E-state index in [2.05, 4.69) is 5.32 Å². The Balaban J connectivity index is 1.72. The van der Waals surface area contributed by atoms with E-state index in [-0.39, 0.29) is 17.5 Å². The molecule has 1 aromatic heterocycles. The van der Waals surface area contributed by atoms with Crippen LogP contribution in [0.4, 0.5) is 5.00 Å². The van der Waals surface area contributed by atoms with Gasteiger partial charge in [-0.3, -0.25) is 4.79 Å². The molecule has 2 N–H and O–H groups in total. The van der Waals surface area contributed by atoms with Crippen LogP contribution in [0.5, 0.6) is 0 Å². The van der Waals surface area contributed by atoms with Crippen molar-refractivity contribution >= 4 is 28.2 Å². The van der Waals surface area contributed by atoms with E-state index in [0.29, 0.717) is 36.6 Å². The van der Waals surface area contributed by atoms with E-state index < -0.39 is 0 Å². The van der Waals surface area contributed by atoms with Gasteiger partial charge in [0.05, 0.1) is 50.6 Å². The molecule has 2 aliphatic rings. The minimum atomic E-state index is -0.373. The molecule has 1 fully saturated rings. The van der Waals surface area contributed by atoms with Crippen molar-refractivity contribution in [2.75, 3.05) is 44.8 Å². The molecule has 0 saturated carbocycles. The summed E-state index contributed by atoms with van der Waals surface area (Å²) in [6.07, 6.45) is 1.04. The maximum absolute atomic E-state index is 12.6. The first-order valence-corrected chi connectivity index (χ1v) is 10.4. The van der Waals surface area contributed by atoms with E-state index in [9.17, 15) is 9.59 Å². The standard InChI is InChI=1S/C19H28N2O5S/c1-4-25-18(23)16-13-11-19(2,3)26-12-14(13)27-17(16)20-15(22)5-6-21-7-9-24-10-8-21/h4-12H2,1-3H3,(H,20,22)/p+1. The van der Waals surface area contributed by atoms with Crippen LogP contribution in [0.15, 0.2) is 0 Å². The molecule has 0 spiro atoms. The van der Waals surface area contributed by atoms with Crippen molar-refractivity contribution in [3.63, 3.8) is 0 Å². The SMILES string of the molecule is CCOC(=O)c1c(NC(=O)CC[NH+]2CCOCC2)sc2c1CC(C)(C)OC2. The Bertz CT molecular complexity index is 695. The third-order valence-corrected chi connectivity index (χ3v) is 6.05. The summed E-state index contributed by atoms with van der Waals surface area (Å²) in [7, 11) is 0. The Morgan fingerprint density at radius 2 is 2.04 bits per heavy atom. The van der Waals surface area contributed by atoms with E-state index in [1.54, 1.807) is 6.92 Å². The summed E-state index contributed by atoms with van der Waals surface area (Å²) >= 11 is 1.42. The van der Waals surface area contributed by atoms with E-state index in [1.165, 1.54) is 16.2 Å². The number of amides is 1. The van der Waals surface area contributed by atoms with Crippen LogP contribution in [0.25, 0.3) is 0 Å². The molecule has 0 aliphatic carbocycles. The molecule has 0 aromatic carbocycles. The molecule has 3 rings (SSSR count). The van der Waals surface area contributed by atoms with Gasteiger partial charge in [-0.15, -0.1) is 11.3 Å². The Hall–Kier alpha value is -1.48. The smallest absolute Gasteiger partial charge is 0.341 e. The number of fused-ring (bicyclic) bond motifs is 1. The number of nitrogens with one attached hydrogen (secondary N) is 2. The number of anilines is 1. The number of rotatable bonds is 6. The van der Waals surface area contributed by atoms with Crippen LogP contribution < -0.4 is 10.2 Å². The van der Waals surface area contributed by atoms with Crippen LogP contribution in [0, 0.1) is 0 Å². The quantitative estimate of drug-likeness (QED) is 0.701. The molecule has 1 saturated heterocycles. The van der Waals surface area contributed by atoms with Gasteiger partial charge in [0.1, 0.15) is 18.1 Å². The Labute approximate surface area is 164 Å². The fourth-order valence-electron chi connectivity index (χ4n) is 3.45. The maximum Gasteiger partial charge on any atom is 0.341 e. The number of hydrogen-bond donors (Lipinski definition) is 2. The molecule has 150 valence electrons. The second-order valence-corrected chi connectivity index (χ2v) is 8.67. The lowest BCUT2D eigenvalue weighted by molar-refractivity contribution is -0.907. The number of hydrogen-bond acceptors (Lipinski definition) is 6. The summed E-state index contributed by atoms with van der Waals surface area (Å²) in [4.78, 5) is 27.4. The van der Waals surface area contributed by atoms with E-state index in [1.807, 2.05) is 13.8 Å². The average molecular weight is 398 g/mol. The summed E-state index contributed by atoms with van der Waals surface area (Å²) in [6.45, 7) is 10.7. The number of thiophene rings is 1. The molecule has 8 heteroatoms. The van der Waals surface area contributed by atoms with Crippen molar-refractivity contribution in [2.24, 2.45) is 0 Å². The van der Waals surface area contributed by atoms with E-state index in [4.69, 9.17) is 14.2 Å². The third kappa shape index (κ3) is 5.07. The van der Waals surface area contributed by atoms with Crippen LogP contribution in [-0.2, 0) is 32.0 Å². The van der Waals surface area contributed by atoms with Crippen molar-refractivity contribution in [2.45, 2.75) is 45.8 Å². The molecular weight excluding hydrogens is 368 g/mol. The molecule has 0 unspecified atom stereocenters. The lowest BCUT2D eigenvalue weighted by Crippen LogP contribution is -3.14. The van der Waals surface area contributed by atoms with Crippen LogP contribution in [-0.4, -0.2) is 56.9 Å². The third-order valence-electron chi connectivity index (χ3n) is 4.93. The minimum absolute atomic E-state index is 0.0710. The minimum Gasteiger partial charge on any atom is -0.462 e. The lowest BCUT2D eigenvalue weighted by Gasteiger charge is -2.30. The first kappa shape index (κ1) is 20.3. The van der Waals surface area contributed by atoms with Gasteiger partial charge in [-0.05, 0) is 26.3 Å². The zero-order chi connectivity index (χ0) is 19.4. The number of quaternary nitrogens is 1. The van der Waals surface area contributed by atoms with Crippen LogP contribution in [0.2, 0.25) is 0 Å². The van der Waals surface area contributed by atoms with Gasteiger partial charge in [-0.25, -0.2) is 4.79 Å². The van der Waals surface area contributed by atoms with Crippen molar-refractivity contribution in [1.29, 1.82) is 0 Å². The molecule has 0 atom stereocenters. The lowest BCUT2D eigenvalue weighted by atomic mass is 9.93. The molecule has 27 heavy (non-hydrogen) atoms. The van der Waals surface area contributed by atoms with Gasteiger partial charge in [0, 0.05) is 11.3 Å². The topological polar surface area (TPSA) is 78.3 Å². The van der Waals surface area contributed by atoms with Crippen molar-refractivity contribution in [1.82, 2.24) is 0 Å². The van der Waals surface area contributed by atoms with E-state index >= 15 is 0 Å². The number of carbonyl (C=O) groups is 2. The van der Waals surface area contributed by atoms with Gasteiger partial charge in [0.25, 0.3) is 0 Å². The Kier molecular flexibility index (Phi) is 6.52. The van der Waals surface area contributed by atoms with Crippen molar-refractivity contribution in [3.8, 4) is 0 Å². The highest BCUT2D eigenvalue weighted by Gasteiger charge is 2.34. The van der Waals surface area contributed by atoms with Crippen LogP contribution in [0.3, 0.4) is 0 Å². The molecule has 1 aromatic rings. The predicted molar refractivity (Wildman–Crippen MR) is 102 cm³/mol. The van der Waals surface area contributed by atoms with Gasteiger partial charge < -0.3 is 24.4 Å². The Morgan fingerprint density at radius 3 is 2.74 bits per heavy atom. The summed E-state index contributed by atoms with van der Waals surface area (Å²) in [5, 5.41) is 3.54. The van der Waals surface area contributed by atoms with E-state index in [0.717, 1.165) is 43.3 Å². The Morgan fingerprint density at radius 1 is 1.30 bits per heavy atom. The summed E-state index contributed by atoms with van der Waals surface area (Å²) in [6, 6.07) is 0. The largest absolute Gasteiger partial charge is 0.462 e. The van der Waals surface area contributed by atoms with Crippen molar-refractivity contribution in [3.05, 3.63) is 16.0 Å². The molecule has 0 bridgehead atoms. The second-order valence-electron chi connectivity index (χ2n) is 7.56. The number of esters is 1. The number of morpholine rings is 1. The highest BCUT2D eigenvalue weighted by molar-refractivity contribution is 7.17. The first-order valence-electron chi connectivity index (χ1n) is 9.56. The molecule has 3 heterocycles. The average Bonchev–Trinajstić information content (AvgIpc) is 2.97. The number of ether oxygens (including phenoxy) is 3. The van der Waals surface area contributed by atoms with Gasteiger partial charge in [0.15, 0.2) is 0 Å². The second kappa shape index (κ2) is 8.68. The van der Waals surface area contributed by atoms with Gasteiger partial charge >= 0.3 is 5.97 Å². The van der Waals surface area contributed by atoms with Crippen LogP contribution in [0.1, 0.15) is 48.0 Å². The molecule has 0 radical (unpaired) electrons. The molecular formula is C19H29N2O5S+. The first-order chi connectivity index (χ1) is 12.9. The fraction of sp³-hybridized carbons (Fsp3) is 0.684. The van der Waals surface area contributed by atoms with Gasteiger partial charge in [-0.2, -0.15) is 0 Å². The highest BCUT2D eigenvalue weighted by Crippen LogP contribution is 2.40. The normalized spacial score (nSPS) is 19.4. The number of carbonyl (C=O) groups excluding carboxylic acids is 2. The summed E-state index contributed by atoms with van der Waals surface area (Å²) in [5.41, 5.74) is 1.11. The molecule has 7 nitrogen and oxygen atoms in total. The van der Waals surface area contributed by atoms with Gasteiger partial charge in [-0.1, -0.05) is 0 Å².